The SMILES string of the molecule is C=Cc1c2c(n3c1/C(=C\C)C1CC(=Cc4c1sc1cc5sc6ccc(-c7ccccc7)cc6c5cc41)c1cccc(C#N)c1-3)C=CC(C)C2. The first-order valence-corrected chi connectivity index (χ1v) is 18.7. The van der Waals surface area contributed by atoms with Gasteiger partial charge in [-0.15, -0.1) is 22.7 Å². The maximum atomic E-state index is 10.5. The van der Waals surface area contributed by atoms with Gasteiger partial charge in [0.2, 0.25) is 0 Å². The number of para-hydroxylation sites is 1. The van der Waals surface area contributed by atoms with E-state index >= 15 is 0 Å². The van der Waals surface area contributed by atoms with Crippen molar-refractivity contribution in [2.24, 2.45) is 5.92 Å². The predicted octanol–water partition coefficient (Wildman–Crippen LogP) is 12.9. The number of fused-ring (bicyclic) bond motifs is 15. The molecule has 2 nitrogen and oxygen atoms in total. The molecule has 4 heteroatoms. The zero-order valence-corrected chi connectivity index (χ0v) is 29.0. The van der Waals surface area contributed by atoms with Crippen LogP contribution >= 0.6 is 22.7 Å². The van der Waals surface area contributed by atoms with Crippen LogP contribution in [0.5, 0.6) is 0 Å². The number of nitrogens with zero attached hydrogens (tertiary/aromatic N) is 2. The molecule has 3 aliphatic rings. The molecule has 4 aromatic carbocycles. The number of hydrogen-bond acceptors (Lipinski definition) is 3. The molecule has 4 heterocycles. The topological polar surface area (TPSA) is 28.7 Å². The minimum atomic E-state index is 0.200. The van der Waals surface area contributed by atoms with E-state index in [0.29, 0.717) is 11.5 Å². The van der Waals surface area contributed by atoms with Gasteiger partial charge in [-0.25, -0.2) is 0 Å². The van der Waals surface area contributed by atoms with E-state index in [1.54, 1.807) is 0 Å². The molecule has 2 atom stereocenters. The third-order valence-electron chi connectivity index (χ3n) is 10.9. The minimum absolute atomic E-state index is 0.200. The predicted molar refractivity (Wildman–Crippen MR) is 212 cm³/mol. The Morgan fingerprint density at radius 2 is 1.71 bits per heavy atom. The summed E-state index contributed by atoms with van der Waals surface area (Å²) in [6.07, 6.45) is 13.3. The highest BCUT2D eigenvalue weighted by molar-refractivity contribution is 7.26. The van der Waals surface area contributed by atoms with Crippen molar-refractivity contribution >= 4 is 82.3 Å². The van der Waals surface area contributed by atoms with Crippen LogP contribution in [-0.4, -0.2) is 4.57 Å². The smallest absolute Gasteiger partial charge is 0.101 e. The Kier molecular flexibility index (Phi) is 6.25. The van der Waals surface area contributed by atoms with Crippen LogP contribution in [-0.2, 0) is 6.42 Å². The van der Waals surface area contributed by atoms with Crippen LogP contribution < -0.4 is 0 Å². The van der Waals surface area contributed by atoms with E-state index in [4.69, 9.17) is 0 Å². The van der Waals surface area contributed by atoms with Crippen LogP contribution in [0.2, 0.25) is 0 Å². The quantitative estimate of drug-likeness (QED) is 0.181. The molecule has 2 aliphatic carbocycles. The number of allylic oxidation sites excluding steroid dienone is 4. The van der Waals surface area contributed by atoms with Crippen LogP contribution in [0.1, 0.15) is 70.3 Å². The van der Waals surface area contributed by atoms with Gasteiger partial charge in [-0.05, 0) is 102 Å². The molecule has 0 saturated heterocycles. The Hall–Kier alpha value is -5.21. The lowest BCUT2D eigenvalue weighted by Crippen LogP contribution is -2.17. The van der Waals surface area contributed by atoms with Gasteiger partial charge >= 0.3 is 0 Å². The van der Waals surface area contributed by atoms with Gasteiger partial charge in [-0.3, -0.25) is 0 Å². The number of nitriles is 1. The third-order valence-corrected chi connectivity index (χ3v) is 13.3. The molecule has 0 saturated carbocycles. The van der Waals surface area contributed by atoms with Crippen LogP contribution in [0.4, 0.5) is 0 Å². The van der Waals surface area contributed by atoms with E-state index in [-0.39, 0.29) is 5.92 Å². The Balaban J connectivity index is 1.27. The van der Waals surface area contributed by atoms with Gasteiger partial charge in [-0.1, -0.05) is 80.3 Å². The maximum Gasteiger partial charge on any atom is 0.101 e. The highest BCUT2D eigenvalue weighted by atomic mass is 32.1. The highest BCUT2D eigenvalue weighted by Crippen LogP contribution is 2.56. The van der Waals surface area contributed by atoms with Crippen LogP contribution in [0, 0.1) is 17.2 Å². The average molecular weight is 665 g/mol. The van der Waals surface area contributed by atoms with Gasteiger partial charge in [0.1, 0.15) is 6.07 Å². The minimum Gasteiger partial charge on any atom is -0.307 e. The van der Waals surface area contributed by atoms with Crippen molar-refractivity contribution in [1.29, 1.82) is 5.26 Å². The van der Waals surface area contributed by atoms with Gasteiger partial charge in [0, 0.05) is 57.9 Å². The summed E-state index contributed by atoms with van der Waals surface area (Å²) in [6, 6.07) is 31.3. The van der Waals surface area contributed by atoms with Crippen LogP contribution in [0.15, 0.2) is 97.6 Å². The molecule has 0 radical (unpaired) electrons. The first kappa shape index (κ1) is 28.8. The largest absolute Gasteiger partial charge is 0.307 e. The van der Waals surface area contributed by atoms with E-state index in [9.17, 15) is 5.26 Å². The number of thiophene rings is 2. The number of hydrogen-bond donors (Lipinski definition) is 0. The molecule has 0 spiro atoms. The molecule has 1 aliphatic heterocycles. The van der Waals surface area contributed by atoms with Crippen molar-refractivity contribution in [2.45, 2.75) is 32.6 Å². The van der Waals surface area contributed by atoms with E-state index in [1.165, 1.54) is 85.5 Å². The lowest BCUT2D eigenvalue weighted by atomic mass is 9.77. The van der Waals surface area contributed by atoms with Crippen molar-refractivity contribution in [3.8, 4) is 22.9 Å². The zero-order valence-electron chi connectivity index (χ0n) is 27.4. The monoisotopic (exact) mass is 664 g/mol. The normalized spacial score (nSPS) is 18.4. The van der Waals surface area contributed by atoms with E-state index in [1.807, 2.05) is 28.7 Å². The van der Waals surface area contributed by atoms with E-state index in [0.717, 1.165) is 24.1 Å². The summed E-state index contributed by atoms with van der Waals surface area (Å²) in [5.41, 5.74) is 14.2. The van der Waals surface area contributed by atoms with Crippen molar-refractivity contribution in [1.82, 2.24) is 4.57 Å². The summed E-state index contributed by atoms with van der Waals surface area (Å²) in [7, 11) is 0. The summed E-state index contributed by atoms with van der Waals surface area (Å²) in [4.78, 5) is 1.43. The van der Waals surface area contributed by atoms with Gasteiger partial charge in [-0.2, -0.15) is 5.26 Å². The van der Waals surface area contributed by atoms with Gasteiger partial charge < -0.3 is 4.57 Å². The first-order valence-electron chi connectivity index (χ1n) is 17.0. The lowest BCUT2D eigenvalue weighted by molar-refractivity contribution is 0.714. The molecule has 2 unspecified atom stereocenters. The Bertz CT molecular complexity index is 2720. The second kappa shape index (κ2) is 10.6. The second-order valence-corrected chi connectivity index (χ2v) is 15.8. The molecule has 0 N–H and O–H groups in total. The lowest BCUT2D eigenvalue weighted by Gasteiger charge is -2.32. The van der Waals surface area contributed by atoms with Crippen molar-refractivity contribution in [3.05, 3.63) is 142 Å². The summed E-state index contributed by atoms with van der Waals surface area (Å²) in [5.74, 6) is 0.649. The molecule has 3 aromatic heterocycles. The number of rotatable bonds is 2. The standard InChI is InChI=1S/C45H32N2S2/c1-4-30-33-18-25(3)14-16-39(33)47-43-28(24-46)12-9-13-32(43)29-20-37(31(5-2)44(30)47)45-38(21-29)36-22-35-34-19-27(26-10-7-6-8-11-26)15-17-40(34)48-41(35)23-42(36)49-45/h4-17,19,21-23,25,37H,1,18,20H2,2-3H3/b31-5-. The number of aromatic nitrogens is 1. The molecular weight excluding hydrogens is 633 g/mol. The summed E-state index contributed by atoms with van der Waals surface area (Å²) < 4.78 is 6.40. The zero-order chi connectivity index (χ0) is 33.0. The fraction of sp³-hybridized carbons (Fsp3) is 0.133. The third kappa shape index (κ3) is 4.04. The van der Waals surface area contributed by atoms with Gasteiger partial charge in [0.25, 0.3) is 0 Å². The van der Waals surface area contributed by atoms with Gasteiger partial charge in [0.15, 0.2) is 0 Å². The van der Waals surface area contributed by atoms with E-state index in [2.05, 4.69) is 134 Å². The molecule has 2 bridgehead atoms. The summed E-state index contributed by atoms with van der Waals surface area (Å²) >= 11 is 3.85. The molecule has 7 aromatic rings. The van der Waals surface area contributed by atoms with E-state index < -0.39 is 0 Å². The highest BCUT2D eigenvalue weighted by Gasteiger charge is 2.37. The van der Waals surface area contributed by atoms with Crippen LogP contribution in [0.25, 0.3) is 76.4 Å². The van der Waals surface area contributed by atoms with Gasteiger partial charge in [0.05, 0.1) is 16.9 Å². The average Bonchev–Trinajstić information content (AvgIpc) is 3.78. The molecular formula is C45H32N2S2. The Labute approximate surface area is 293 Å². The molecule has 10 rings (SSSR count). The fourth-order valence-electron chi connectivity index (χ4n) is 8.67. The molecule has 49 heavy (non-hydrogen) atoms. The molecule has 0 amide bonds. The van der Waals surface area contributed by atoms with Crippen molar-refractivity contribution in [2.75, 3.05) is 0 Å². The Morgan fingerprint density at radius 3 is 2.53 bits per heavy atom. The van der Waals surface area contributed by atoms with Crippen molar-refractivity contribution < 1.29 is 0 Å². The summed E-state index contributed by atoms with van der Waals surface area (Å²) in [6.45, 7) is 8.83. The second-order valence-electron chi connectivity index (χ2n) is 13.6. The number of benzene rings is 4. The first-order chi connectivity index (χ1) is 24.1. The Morgan fingerprint density at radius 1 is 0.878 bits per heavy atom. The molecule has 234 valence electrons. The molecule has 0 fully saturated rings. The summed E-state index contributed by atoms with van der Waals surface area (Å²) in [5, 5.41) is 14.5. The van der Waals surface area contributed by atoms with Crippen molar-refractivity contribution in [3.63, 3.8) is 0 Å². The fourth-order valence-corrected chi connectivity index (χ4v) is 11.2. The maximum absolute atomic E-state index is 10.5. The van der Waals surface area contributed by atoms with Crippen LogP contribution in [0.3, 0.4) is 0 Å².